The van der Waals surface area contributed by atoms with Gasteiger partial charge >= 0.3 is 0 Å². The molecule has 0 fully saturated rings. The van der Waals surface area contributed by atoms with Crippen molar-refractivity contribution in [1.29, 1.82) is 0 Å². The van der Waals surface area contributed by atoms with Gasteiger partial charge in [-0.05, 0) is 19.8 Å². The van der Waals surface area contributed by atoms with Crippen LogP contribution in [-0.4, -0.2) is 34.5 Å². The van der Waals surface area contributed by atoms with Crippen LogP contribution in [0.1, 0.15) is 62.8 Å². The molecule has 0 amide bonds. The van der Waals surface area contributed by atoms with Crippen LogP contribution in [0.15, 0.2) is 0 Å². The van der Waals surface area contributed by atoms with Crippen molar-refractivity contribution >= 4 is 11.6 Å². The van der Waals surface area contributed by atoms with E-state index in [4.69, 9.17) is 10.2 Å². The number of ketones is 2. The van der Waals surface area contributed by atoms with E-state index in [2.05, 4.69) is 0 Å². The predicted molar refractivity (Wildman–Crippen MR) is 85.7 cm³/mol. The maximum absolute atomic E-state index is 10.1. The lowest BCUT2D eigenvalue weighted by Crippen LogP contribution is -2.18. The Labute approximate surface area is 125 Å². The summed E-state index contributed by atoms with van der Waals surface area (Å²) in [5, 5.41) is 16.9. The number of carbonyl (C=O) groups is 2. The highest BCUT2D eigenvalue weighted by molar-refractivity contribution is 5.77. The fourth-order valence-corrected chi connectivity index (χ4v) is 0.211. The van der Waals surface area contributed by atoms with Crippen molar-refractivity contribution in [3.05, 3.63) is 0 Å². The monoisotopic (exact) mass is 292 g/mol. The lowest BCUT2D eigenvalue weighted by atomic mass is 10.1. The second-order valence-electron chi connectivity index (χ2n) is 5.52. The highest BCUT2D eigenvalue weighted by Crippen LogP contribution is 1.97. The Balaban J connectivity index is -0.0000000941. The summed E-state index contributed by atoms with van der Waals surface area (Å²) in [7, 11) is 0. The maximum atomic E-state index is 10.1. The summed E-state index contributed by atoms with van der Waals surface area (Å²) >= 11 is 0. The Morgan fingerprint density at radius 2 is 1.05 bits per heavy atom. The largest absolute Gasteiger partial charge is 0.394 e. The molecule has 124 valence electrons. The molecule has 0 rings (SSSR count). The Morgan fingerprint density at radius 3 is 1.05 bits per heavy atom. The first-order valence-corrected chi connectivity index (χ1v) is 6.77. The predicted octanol–water partition coefficient (Wildman–Crippen LogP) is 3.09. The topological polar surface area (TPSA) is 74.6 Å². The highest BCUT2D eigenvalue weighted by atomic mass is 16.3. The molecule has 4 nitrogen and oxygen atoms in total. The van der Waals surface area contributed by atoms with Crippen LogP contribution in [0.4, 0.5) is 0 Å². The zero-order valence-corrected chi connectivity index (χ0v) is 13.7. The summed E-state index contributed by atoms with van der Waals surface area (Å²) in [5.74, 6) is 1.12. The molecule has 0 aromatic rings. The highest BCUT2D eigenvalue weighted by Gasteiger charge is 2.04. The summed E-state index contributed by atoms with van der Waals surface area (Å²) in [6, 6.07) is 0. The standard InChI is InChI=1S/C5H12O2.2C5H10O.CH4/c1-4(2)5(7)3-6;2*1-4(2)5(3)6;/h4-7H,3H2,1-2H3;2*4H,1-3H3;1H4. The SMILES string of the molecule is C.CC(=O)C(C)C.CC(=O)C(C)C.CC(C)C(O)CO. The van der Waals surface area contributed by atoms with E-state index >= 15 is 0 Å². The zero-order valence-electron chi connectivity index (χ0n) is 13.7. The first-order valence-electron chi connectivity index (χ1n) is 6.77. The van der Waals surface area contributed by atoms with Crippen LogP contribution >= 0.6 is 0 Å². The van der Waals surface area contributed by atoms with Gasteiger partial charge in [-0.3, -0.25) is 9.59 Å². The van der Waals surface area contributed by atoms with E-state index in [0.717, 1.165) is 0 Å². The van der Waals surface area contributed by atoms with Gasteiger partial charge in [-0.15, -0.1) is 0 Å². The number of aliphatic hydroxyl groups is 2. The van der Waals surface area contributed by atoms with Crippen LogP contribution in [0.5, 0.6) is 0 Å². The van der Waals surface area contributed by atoms with Crippen molar-refractivity contribution in [3.63, 3.8) is 0 Å². The van der Waals surface area contributed by atoms with Crippen molar-refractivity contribution in [3.8, 4) is 0 Å². The molecule has 0 aliphatic rings. The van der Waals surface area contributed by atoms with Crippen LogP contribution in [0.25, 0.3) is 0 Å². The molecule has 2 N–H and O–H groups in total. The summed E-state index contributed by atoms with van der Waals surface area (Å²) in [6.07, 6.45) is -0.542. The molecule has 1 atom stereocenters. The van der Waals surface area contributed by atoms with Gasteiger partial charge in [-0.25, -0.2) is 0 Å². The molecule has 4 heteroatoms. The molecular weight excluding hydrogens is 256 g/mol. The smallest absolute Gasteiger partial charge is 0.132 e. The first kappa shape index (κ1) is 27.6. The molecule has 0 aliphatic carbocycles. The van der Waals surface area contributed by atoms with Crippen molar-refractivity contribution < 1.29 is 19.8 Å². The molecule has 0 aromatic carbocycles. The molecule has 0 radical (unpaired) electrons. The fourth-order valence-electron chi connectivity index (χ4n) is 0.211. The second-order valence-corrected chi connectivity index (χ2v) is 5.52. The third kappa shape index (κ3) is 26.0. The van der Waals surface area contributed by atoms with Crippen molar-refractivity contribution in [2.45, 2.75) is 68.9 Å². The Morgan fingerprint density at radius 1 is 0.850 bits per heavy atom. The summed E-state index contributed by atoms with van der Waals surface area (Å²) in [4.78, 5) is 20.3. The van der Waals surface area contributed by atoms with E-state index in [1.165, 1.54) is 0 Å². The van der Waals surface area contributed by atoms with Crippen molar-refractivity contribution in [1.82, 2.24) is 0 Å². The number of carbonyl (C=O) groups excluding carboxylic acids is 2. The van der Waals surface area contributed by atoms with E-state index in [1.54, 1.807) is 13.8 Å². The van der Waals surface area contributed by atoms with Gasteiger partial charge < -0.3 is 10.2 Å². The zero-order chi connectivity index (χ0) is 16.2. The van der Waals surface area contributed by atoms with Crippen LogP contribution in [0.3, 0.4) is 0 Å². The van der Waals surface area contributed by atoms with E-state index in [-0.39, 0.29) is 43.4 Å². The minimum absolute atomic E-state index is 0. The minimum atomic E-state index is -0.542. The number of Topliss-reactive ketones (excluding diaryl/α,β-unsaturated/α-hetero) is 2. The van der Waals surface area contributed by atoms with Crippen LogP contribution < -0.4 is 0 Å². The molecule has 0 saturated heterocycles. The molecule has 20 heavy (non-hydrogen) atoms. The van der Waals surface area contributed by atoms with E-state index in [9.17, 15) is 9.59 Å². The third-order valence-corrected chi connectivity index (χ3v) is 2.58. The molecule has 0 aromatic heterocycles. The average Bonchev–Trinajstić information content (AvgIpc) is 2.29. The second kappa shape index (κ2) is 16.3. The van der Waals surface area contributed by atoms with Gasteiger partial charge in [0.1, 0.15) is 11.6 Å². The van der Waals surface area contributed by atoms with Crippen molar-refractivity contribution in [2.75, 3.05) is 6.61 Å². The van der Waals surface area contributed by atoms with Crippen LogP contribution in [0.2, 0.25) is 0 Å². The van der Waals surface area contributed by atoms with Gasteiger partial charge in [-0.2, -0.15) is 0 Å². The number of hydrogen-bond acceptors (Lipinski definition) is 4. The van der Waals surface area contributed by atoms with Crippen LogP contribution in [-0.2, 0) is 9.59 Å². The minimum Gasteiger partial charge on any atom is -0.394 e. The maximum Gasteiger partial charge on any atom is 0.132 e. The summed E-state index contributed by atoms with van der Waals surface area (Å²) in [6.45, 7) is 14.4. The Bertz CT molecular complexity index is 215. The lowest BCUT2D eigenvalue weighted by molar-refractivity contribution is -0.120. The van der Waals surface area contributed by atoms with Crippen LogP contribution in [0, 0.1) is 17.8 Å². The Kier molecular flexibility index (Phi) is 22.5. The summed E-state index contributed by atoms with van der Waals surface area (Å²) < 4.78 is 0. The number of aliphatic hydroxyl groups excluding tert-OH is 2. The van der Waals surface area contributed by atoms with Gasteiger partial charge in [0.15, 0.2) is 0 Å². The molecule has 0 saturated carbocycles. The third-order valence-electron chi connectivity index (χ3n) is 2.58. The van der Waals surface area contributed by atoms with Gasteiger partial charge in [0.2, 0.25) is 0 Å². The van der Waals surface area contributed by atoms with E-state index < -0.39 is 6.10 Å². The quantitative estimate of drug-likeness (QED) is 0.835. The number of hydrogen-bond donors (Lipinski definition) is 2. The van der Waals surface area contributed by atoms with Gasteiger partial charge in [0, 0.05) is 11.8 Å². The van der Waals surface area contributed by atoms with Gasteiger partial charge in [-0.1, -0.05) is 49.0 Å². The lowest BCUT2D eigenvalue weighted by Gasteiger charge is -2.08. The van der Waals surface area contributed by atoms with E-state index in [1.807, 2.05) is 41.5 Å². The molecule has 0 spiro atoms. The normalized spacial score (nSPS) is 10.8. The van der Waals surface area contributed by atoms with Gasteiger partial charge in [0.05, 0.1) is 12.7 Å². The summed E-state index contributed by atoms with van der Waals surface area (Å²) in [5.41, 5.74) is 0. The first-order chi connectivity index (χ1) is 8.47. The van der Waals surface area contributed by atoms with Crippen molar-refractivity contribution in [2.24, 2.45) is 17.8 Å². The van der Waals surface area contributed by atoms with Gasteiger partial charge in [0.25, 0.3) is 0 Å². The average molecular weight is 292 g/mol. The molecular formula is C16H36O4. The fraction of sp³-hybridized carbons (Fsp3) is 0.875. The Hall–Kier alpha value is -0.740. The van der Waals surface area contributed by atoms with E-state index in [0.29, 0.717) is 0 Å². The molecule has 0 heterocycles. The molecule has 0 aliphatic heterocycles. The molecule has 0 bridgehead atoms. The molecule has 1 unspecified atom stereocenters. The number of rotatable bonds is 4.